The van der Waals surface area contributed by atoms with Crippen LogP contribution in [0, 0.1) is 6.92 Å². The topological polar surface area (TPSA) is 83.7 Å². The van der Waals surface area contributed by atoms with Gasteiger partial charge < -0.3 is 9.73 Å². The second-order valence-electron chi connectivity index (χ2n) is 7.54. The summed E-state index contributed by atoms with van der Waals surface area (Å²) >= 11 is 0. The molecule has 2 aromatic carbocycles. The number of nitrogens with zero attached hydrogens (tertiary/aromatic N) is 1. The minimum atomic E-state index is -0.277. The lowest BCUT2D eigenvalue weighted by molar-refractivity contribution is 0.0953. The number of anilines is 1. The van der Waals surface area contributed by atoms with E-state index in [1.807, 2.05) is 56.3 Å². The van der Waals surface area contributed by atoms with E-state index < -0.39 is 0 Å². The van der Waals surface area contributed by atoms with E-state index in [9.17, 15) is 9.59 Å². The zero-order valence-corrected chi connectivity index (χ0v) is 17.7. The van der Waals surface area contributed by atoms with Crippen LogP contribution in [0.5, 0.6) is 0 Å². The summed E-state index contributed by atoms with van der Waals surface area (Å²) in [6.07, 6.45) is 3.12. The molecular formula is C25H25N3O3. The summed E-state index contributed by atoms with van der Waals surface area (Å²) in [6.45, 7) is 3.91. The zero-order chi connectivity index (χ0) is 21.8. The first-order chi connectivity index (χ1) is 15.1. The lowest BCUT2D eigenvalue weighted by Gasteiger charge is -2.13. The molecular weight excluding hydrogens is 390 g/mol. The highest BCUT2D eigenvalue weighted by molar-refractivity contribution is 6.09. The fourth-order valence-corrected chi connectivity index (χ4v) is 3.90. The Morgan fingerprint density at radius 2 is 1.74 bits per heavy atom. The second-order valence-corrected chi connectivity index (χ2v) is 7.54. The molecule has 4 rings (SSSR count). The Bertz CT molecular complexity index is 1150. The van der Waals surface area contributed by atoms with E-state index in [-0.39, 0.29) is 11.8 Å². The third kappa shape index (κ3) is 4.28. The van der Waals surface area contributed by atoms with Crippen molar-refractivity contribution in [1.29, 1.82) is 0 Å². The Kier molecular flexibility index (Phi) is 5.98. The van der Waals surface area contributed by atoms with Crippen LogP contribution in [0.4, 0.5) is 5.69 Å². The van der Waals surface area contributed by atoms with Crippen molar-refractivity contribution < 1.29 is 14.0 Å². The average molecular weight is 415 g/mol. The molecule has 1 aliphatic carbocycles. The predicted molar refractivity (Wildman–Crippen MR) is 121 cm³/mol. The lowest BCUT2D eigenvalue weighted by Crippen LogP contribution is -2.22. The summed E-state index contributed by atoms with van der Waals surface area (Å²) in [7, 11) is 0. The average Bonchev–Trinajstić information content (AvgIpc) is 3.15. The summed E-state index contributed by atoms with van der Waals surface area (Å²) in [6, 6.07) is 16.7. The van der Waals surface area contributed by atoms with Crippen molar-refractivity contribution in [2.24, 2.45) is 5.10 Å². The molecule has 158 valence electrons. The zero-order valence-electron chi connectivity index (χ0n) is 17.7. The van der Waals surface area contributed by atoms with Crippen LogP contribution in [0.3, 0.4) is 0 Å². The number of para-hydroxylation sites is 1. The van der Waals surface area contributed by atoms with E-state index in [1.165, 1.54) is 0 Å². The number of carbonyl (C=O) groups is 2. The van der Waals surface area contributed by atoms with Gasteiger partial charge in [0, 0.05) is 28.8 Å². The molecule has 0 saturated carbocycles. The van der Waals surface area contributed by atoms with Gasteiger partial charge in [-0.25, -0.2) is 5.43 Å². The maximum absolute atomic E-state index is 13.0. The molecule has 1 aliphatic rings. The second kappa shape index (κ2) is 9.00. The fourth-order valence-electron chi connectivity index (χ4n) is 3.90. The maximum atomic E-state index is 13.0. The quantitative estimate of drug-likeness (QED) is 0.583. The predicted octanol–water partition coefficient (Wildman–Crippen LogP) is 4.87. The molecule has 0 fully saturated rings. The number of benzene rings is 2. The molecule has 31 heavy (non-hydrogen) atoms. The van der Waals surface area contributed by atoms with Gasteiger partial charge >= 0.3 is 0 Å². The number of rotatable bonds is 5. The number of nitrogens with one attached hydrogen (secondary N) is 2. The molecule has 6 heteroatoms. The van der Waals surface area contributed by atoms with Gasteiger partial charge in [-0.15, -0.1) is 0 Å². The normalized spacial score (nSPS) is 14.2. The van der Waals surface area contributed by atoms with E-state index in [1.54, 1.807) is 12.1 Å². The van der Waals surface area contributed by atoms with Crippen molar-refractivity contribution in [1.82, 2.24) is 5.43 Å². The smallest absolute Gasteiger partial charge is 0.291 e. The van der Waals surface area contributed by atoms with E-state index in [0.717, 1.165) is 53.1 Å². The molecule has 0 saturated heterocycles. The first kappa shape index (κ1) is 20.6. The number of carbonyl (C=O) groups excluding carboxylic acids is 2. The van der Waals surface area contributed by atoms with Crippen molar-refractivity contribution in [3.8, 4) is 0 Å². The van der Waals surface area contributed by atoms with Gasteiger partial charge in [0.05, 0.1) is 5.71 Å². The van der Waals surface area contributed by atoms with Gasteiger partial charge in [-0.05, 0) is 49.9 Å². The SMILES string of the molecule is CCc1ccccc1NC(=O)c1oc2c(c1C)/C(=N/NC(=O)c1ccccc1)CCC2. The highest BCUT2D eigenvalue weighted by atomic mass is 16.4. The first-order valence-corrected chi connectivity index (χ1v) is 10.5. The Labute approximate surface area is 181 Å². The Morgan fingerprint density at radius 3 is 2.52 bits per heavy atom. The third-order valence-corrected chi connectivity index (χ3v) is 5.51. The Hall–Kier alpha value is -3.67. The highest BCUT2D eigenvalue weighted by Gasteiger charge is 2.28. The van der Waals surface area contributed by atoms with Crippen LogP contribution in [-0.2, 0) is 12.8 Å². The van der Waals surface area contributed by atoms with Gasteiger partial charge in [-0.2, -0.15) is 5.10 Å². The number of hydrogen-bond donors (Lipinski definition) is 2. The van der Waals surface area contributed by atoms with Gasteiger partial charge in [-0.1, -0.05) is 43.3 Å². The molecule has 0 unspecified atom stereocenters. The van der Waals surface area contributed by atoms with E-state index in [2.05, 4.69) is 15.8 Å². The summed E-state index contributed by atoms with van der Waals surface area (Å²) in [4.78, 5) is 25.3. The largest absolute Gasteiger partial charge is 0.455 e. The van der Waals surface area contributed by atoms with Crippen molar-refractivity contribution in [2.75, 3.05) is 5.32 Å². The molecule has 3 aromatic rings. The standard InChI is InChI=1S/C25H25N3O3/c1-3-17-10-7-8-13-19(17)26-25(30)23-16(2)22-20(14-9-15-21(22)31-23)27-28-24(29)18-11-5-4-6-12-18/h4-8,10-13H,3,9,14-15H2,1-2H3,(H,26,30)(H,28,29)/b27-20+. The van der Waals surface area contributed by atoms with Crippen LogP contribution in [0.2, 0.25) is 0 Å². The highest BCUT2D eigenvalue weighted by Crippen LogP contribution is 2.30. The van der Waals surface area contributed by atoms with Crippen molar-refractivity contribution in [2.45, 2.75) is 39.5 Å². The molecule has 0 radical (unpaired) electrons. The van der Waals surface area contributed by atoms with Gasteiger partial charge in [0.15, 0.2) is 5.76 Å². The van der Waals surface area contributed by atoms with Crippen LogP contribution in [0.1, 0.15) is 63.1 Å². The molecule has 1 aromatic heterocycles. The molecule has 0 bridgehead atoms. The summed E-state index contributed by atoms with van der Waals surface area (Å²) in [5.74, 6) is 0.487. The molecule has 0 atom stereocenters. The summed E-state index contributed by atoms with van der Waals surface area (Å²) in [5, 5.41) is 7.34. The van der Waals surface area contributed by atoms with Crippen LogP contribution in [0.25, 0.3) is 0 Å². The van der Waals surface area contributed by atoms with Crippen LogP contribution in [0.15, 0.2) is 64.1 Å². The lowest BCUT2D eigenvalue weighted by atomic mass is 9.93. The van der Waals surface area contributed by atoms with Gasteiger partial charge in [0.1, 0.15) is 5.76 Å². The molecule has 2 amide bonds. The van der Waals surface area contributed by atoms with E-state index >= 15 is 0 Å². The molecule has 6 nitrogen and oxygen atoms in total. The number of amides is 2. The van der Waals surface area contributed by atoms with Gasteiger partial charge in [0.2, 0.25) is 0 Å². The minimum Gasteiger partial charge on any atom is -0.455 e. The number of hydrogen-bond acceptors (Lipinski definition) is 4. The molecule has 2 N–H and O–H groups in total. The fraction of sp³-hybridized carbons (Fsp3) is 0.240. The number of aryl methyl sites for hydroxylation is 2. The third-order valence-electron chi connectivity index (χ3n) is 5.51. The maximum Gasteiger partial charge on any atom is 0.291 e. The Balaban J connectivity index is 1.58. The number of hydrazone groups is 1. The van der Waals surface area contributed by atoms with E-state index in [0.29, 0.717) is 17.7 Å². The van der Waals surface area contributed by atoms with Crippen LogP contribution in [-0.4, -0.2) is 17.5 Å². The monoisotopic (exact) mass is 415 g/mol. The van der Waals surface area contributed by atoms with Crippen molar-refractivity contribution in [3.05, 3.63) is 88.4 Å². The summed E-state index contributed by atoms with van der Waals surface area (Å²) in [5.41, 5.74) is 7.34. The molecule has 0 aliphatic heterocycles. The summed E-state index contributed by atoms with van der Waals surface area (Å²) < 4.78 is 5.96. The van der Waals surface area contributed by atoms with Gasteiger partial charge in [-0.3, -0.25) is 9.59 Å². The van der Waals surface area contributed by atoms with Crippen LogP contribution < -0.4 is 10.7 Å². The van der Waals surface area contributed by atoms with Gasteiger partial charge in [0.25, 0.3) is 11.8 Å². The van der Waals surface area contributed by atoms with Crippen LogP contribution >= 0.6 is 0 Å². The van der Waals surface area contributed by atoms with Crippen molar-refractivity contribution in [3.63, 3.8) is 0 Å². The first-order valence-electron chi connectivity index (χ1n) is 10.5. The minimum absolute atomic E-state index is 0.268. The van der Waals surface area contributed by atoms with E-state index in [4.69, 9.17) is 4.42 Å². The number of fused-ring (bicyclic) bond motifs is 1. The Morgan fingerprint density at radius 1 is 1.00 bits per heavy atom. The number of furan rings is 1. The molecule has 0 spiro atoms. The van der Waals surface area contributed by atoms with Crippen molar-refractivity contribution >= 4 is 23.2 Å². The molecule has 1 heterocycles.